The second kappa shape index (κ2) is 8.17. The van der Waals surface area contributed by atoms with Gasteiger partial charge in [-0.2, -0.15) is 0 Å². The predicted octanol–water partition coefficient (Wildman–Crippen LogP) is 0.366. The molecule has 1 aromatic heterocycles. The maximum atomic E-state index is 11.9. The molecule has 1 rings (SSSR count). The van der Waals surface area contributed by atoms with Gasteiger partial charge in [0.15, 0.2) is 18.9 Å². The Morgan fingerprint density at radius 2 is 1.90 bits per heavy atom. The summed E-state index contributed by atoms with van der Waals surface area (Å²) >= 11 is 11.6. The van der Waals surface area contributed by atoms with Gasteiger partial charge in [-0.1, -0.05) is 23.2 Å². The van der Waals surface area contributed by atoms with E-state index in [0.29, 0.717) is 5.02 Å². The number of rotatable bonds is 6. The van der Waals surface area contributed by atoms with Crippen LogP contribution in [0, 0.1) is 0 Å². The predicted molar refractivity (Wildman–Crippen MR) is 82.8 cm³/mol. The topological polar surface area (TPSA) is 75.5 Å². The number of carbonyl (C=O) groups excluding carboxylic acids is 2. The minimum Gasteiger partial charge on any atom is -0.349 e. The van der Waals surface area contributed by atoms with E-state index in [1.165, 1.54) is 12.3 Å². The molecule has 0 saturated heterocycles. The summed E-state index contributed by atoms with van der Waals surface area (Å²) in [7, 11) is 1.76. The van der Waals surface area contributed by atoms with Gasteiger partial charge < -0.3 is 15.5 Å². The molecule has 0 spiro atoms. The van der Waals surface area contributed by atoms with E-state index in [4.69, 9.17) is 23.2 Å². The summed E-state index contributed by atoms with van der Waals surface area (Å²) in [4.78, 5) is 28.2. The van der Waals surface area contributed by atoms with Crippen molar-refractivity contribution in [3.63, 3.8) is 0 Å². The molecular formula is C13H19Cl2N4O2+. The van der Waals surface area contributed by atoms with Crippen molar-refractivity contribution in [1.29, 1.82) is 0 Å². The molecule has 0 aliphatic carbocycles. The zero-order valence-corrected chi connectivity index (χ0v) is 13.7. The minimum atomic E-state index is -0.276. The standard InChI is InChI=1S/C13H18Cl2N4O2/c1-8(2)17-11(20)6-19(3)7-12(21)18-13-10(15)4-9(14)5-16-13/h4-5,8H,6-7H2,1-3H3,(H,17,20)(H,16,18,21)/p+1. The fraction of sp³-hybridized carbons (Fsp3) is 0.462. The van der Waals surface area contributed by atoms with Crippen molar-refractivity contribution in [1.82, 2.24) is 10.3 Å². The molecule has 6 nitrogen and oxygen atoms in total. The molecule has 8 heteroatoms. The van der Waals surface area contributed by atoms with E-state index in [0.717, 1.165) is 4.90 Å². The van der Waals surface area contributed by atoms with Crippen LogP contribution in [-0.4, -0.2) is 43.0 Å². The van der Waals surface area contributed by atoms with Gasteiger partial charge in [-0.05, 0) is 19.9 Å². The maximum absolute atomic E-state index is 11.9. The van der Waals surface area contributed by atoms with E-state index in [1.807, 2.05) is 13.8 Å². The van der Waals surface area contributed by atoms with Crippen LogP contribution in [0.25, 0.3) is 0 Å². The third kappa shape index (κ3) is 6.75. The summed E-state index contributed by atoms with van der Waals surface area (Å²) in [6, 6.07) is 1.58. The van der Waals surface area contributed by atoms with E-state index in [1.54, 1.807) is 7.05 Å². The van der Waals surface area contributed by atoms with E-state index >= 15 is 0 Å². The Morgan fingerprint density at radius 3 is 2.48 bits per heavy atom. The summed E-state index contributed by atoms with van der Waals surface area (Å²) in [6.45, 7) is 4.11. The lowest BCUT2D eigenvalue weighted by molar-refractivity contribution is -0.862. The van der Waals surface area contributed by atoms with Gasteiger partial charge in [0.1, 0.15) is 0 Å². The van der Waals surface area contributed by atoms with Gasteiger partial charge in [0.2, 0.25) is 0 Å². The fourth-order valence-electron chi connectivity index (χ4n) is 1.67. The van der Waals surface area contributed by atoms with E-state index in [2.05, 4.69) is 15.6 Å². The smallest absolute Gasteiger partial charge is 0.280 e. The molecule has 0 aliphatic heterocycles. The molecule has 1 unspecified atom stereocenters. The van der Waals surface area contributed by atoms with Crippen molar-refractivity contribution in [3.05, 3.63) is 22.3 Å². The highest BCUT2D eigenvalue weighted by Gasteiger charge is 2.16. The van der Waals surface area contributed by atoms with Gasteiger partial charge in [0.05, 0.1) is 17.1 Å². The molecule has 1 heterocycles. The molecule has 1 aromatic rings. The summed E-state index contributed by atoms with van der Waals surface area (Å²) in [5.41, 5.74) is 0. The highest BCUT2D eigenvalue weighted by atomic mass is 35.5. The van der Waals surface area contributed by atoms with E-state index in [-0.39, 0.29) is 41.8 Å². The van der Waals surface area contributed by atoms with Gasteiger partial charge >= 0.3 is 0 Å². The third-order valence-corrected chi connectivity index (χ3v) is 2.93. The first kappa shape index (κ1) is 17.7. The van der Waals surface area contributed by atoms with Crippen LogP contribution in [0.5, 0.6) is 0 Å². The van der Waals surface area contributed by atoms with Crippen LogP contribution in [0.3, 0.4) is 0 Å². The molecule has 0 radical (unpaired) electrons. The molecule has 1 atom stereocenters. The van der Waals surface area contributed by atoms with Crippen molar-refractivity contribution in [2.24, 2.45) is 0 Å². The number of aromatic nitrogens is 1. The first-order valence-corrected chi connectivity index (χ1v) is 7.25. The number of nitrogens with zero attached hydrogens (tertiary/aromatic N) is 1. The van der Waals surface area contributed by atoms with Crippen LogP contribution in [0.2, 0.25) is 10.0 Å². The molecule has 0 bridgehead atoms. The summed E-state index contributed by atoms with van der Waals surface area (Å²) < 4.78 is 0. The molecule has 116 valence electrons. The van der Waals surface area contributed by atoms with Crippen LogP contribution in [0.15, 0.2) is 12.3 Å². The molecule has 0 saturated carbocycles. The normalized spacial score (nSPS) is 12.1. The van der Waals surface area contributed by atoms with Crippen molar-refractivity contribution in [3.8, 4) is 0 Å². The first-order chi connectivity index (χ1) is 9.77. The lowest BCUT2D eigenvalue weighted by atomic mass is 10.3. The quantitative estimate of drug-likeness (QED) is 0.703. The zero-order chi connectivity index (χ0) is 16.0. The monoisotopic (exact) mass is 333 g/mol. The Bertz CT molecular complexity index is 523. The minimum absolute atomic E-state index is 0.0798. The van der Waals surface area contributed by atoms with Crippen LogP contribution >= 0.6 is 23.2 Å². The summed E-state index contributed by atoms with van der Waals surface area (Å²) in [5, 5.41) is 6.03. The Hall–Kier alpha value is -1.37. The van der Waals surface area contributed by atoms with Crippen molar-refractivity contribution in [2.75, 3.05) is 25.5 Å². The SMILES string of the molecule is CC(C)NC(=O)C[NH+](C)CC(=O)Nc1ncc(Cl)cc1Cl. The molecule has 0 fully saturated rings. The number of amides is 2. The average Bonchev–Trinajstić information content (AvgIpc) is 2.31. The van der Waals surface area contributed by atoms with Crippen LogP contribution in [0.1, 0.15) is 13.8 Å². The number of nitrogens with one attached hydrogen (secondary N) is 3. The number of hydrogen-bond acceptors (Lipinski definition) is 3. The number of likely N-dealkylation sites (N-methyl/N-ethyl adjacent to an activating group) is 1. The number of anilines is 1. The number of quaternary nitrogens is 1. The van der Waals surface area contributed by atoms with Gasteiger partial charge in [-0.3, -0.25) is 9.59 Å². The van der Waals surface area contributed by atoms with Gasteiger partial charge in [0, 0.05) is 12.2 Å². The Morgan fingerprint density at radius 1 is 1.29 bits per heavy atom. The van der Waals surface area contributed by atoms with Crippen molar-refractivity contribution < 1.29 is 14.5 Å². The highest BCUT2D eigenvalue weighted by molar-refractivity contribution is 6.36. The maximum Gasteiger partial charge on any atom is 0.280 e. The lowest BCUT2D eigenvalue weighted by Crippen LogP contribution is -3.11. The van der Waals surface area contributed by atoms with Crippen LogP contribution < -0.4 is 15.5 Å². The van der Waals surface area contributed by atoms with Crippen molar-refractivity contribution in [2.45, 2.75) is 19.9 Å². The summed E-state index contributed by atoms with van der Waals surface area (Å²) in [6.07, 6.45) is 1.40. The van der Waals surface area contributed by atoms with Gasteiger partial charge in [-0.15, -0.1) is 0 Å². The highest BCUT2D eigenvalue weighted by Crippen LogP contribution is 2.22. The molecule has 2 amide bonds. The van der Waals surface area contributed by atoms with Gasteiger partial charge in [0.25, 0.3) is 11.8 Å². The molecule has 0 aromatic carbocycles. The average molecular weight is 334 g/mol. The Labute approximate surface area is 133 Å². The Kier molecular flexibility index (Phi) is 6.87. The molecular weight excluding hydrogens is 315 g/mol. The van der Waals surface area contributed by atoms with E-state index < -0.39 is 0 Å². The van der Waals surface area contributed by atoms with Gasteiger partial charge in [-0.25, -0.2) is 4.98 Å². The number of hydrogen-bond donors (Lipinski definition) is 3. The molecule has 0 aliphatic rings. The zero-order valence-electron chi connectivity index (χ0n) is 12.2. The van der Waals surface area contributed by atoms with E-state index in [9.17, 15) is 9.59 Å². The van der Waals surface area contributed by atoms with Crippen LogP contribution in [0.4, 0.5) is 5.82 Å². The largest absolute Gasteiger partial charge is 0.349 e. The second-order valence-corrected chi connectivity index (χ2v) is 5.91. The molecule has 21 heavy (non-hydrogen) atoms. The summed E-state index contributed by atoms with van der Waals surface area (Å²) in [5.74, 6) is -0.120. The number of pyridine rings is 1. The first-order valence-electron chi connectivity index (χ1n) is 6.49. The lowest BCUT2D eigenvalue weighted by Gasteiger charge is -2.15. The Balaban J connectivity index is 2.47. The van der Waals surface area contributed by atoms with Crippen molar-refractivity contribution >= 4 is 40.8 Å². The molecule has 3 N–H and O–H groups in total. The third-order valence-electron chi connectivity index (χ3n) is 2.44. The fourth-order valence-corrected chi connectivity index (χ4v) is 2.09. The second-order valence-electron chi connectivity index (χ2n) is 5.07. The number of carbonyl (C=O) groups is 2. The number of halogens is 2. The van der Waals surface area contributed by atoms with Crippen LogP contribution in [-0.2, 0) is 9.59 Å².